The van der Waals surface area contributed by atoms with E-state index in [1.54, 1.807) is 0 Å². The van der Waals surface area contributed by atoms with Crippen LogP contribution in [0, 0.1) is 13.8 Å². The van der Waals surface area contributed by atoms with Gasteiger partial charge in [-0.05, 0) is 0 Å². The maximum atomic E-state index is 3.99. The summed E-state index contributed by atoms with van der Waals surface area (Å²) in [6, 6.07) is 17.7. The van der Waals surface area contributed by atoms with Gasteiger partial charge in [0.1, 0.15) is 0 Å². The summed E-state index contributed by atoms with van der Waals surface area (Å²) >= 11 is 5.15. The summed E-state index contributed by atoms with van der Waals surface area (Å²) in [5, 5.41) is 0. The van der Waals surface area contributed by atoms with Gasteiger partial charge in [0.2, 0.25) is 0 Å². The van der Waals surface area contributed by atoms with Crippen LogP contribution in [0.4, 0.5) is 0 Å². The average molecular weight is 521 g/mol. The first kappa shape index (κ1) is 13.7. The number of rotatable bonds is 2. The molecule has 0 fully saturated rings. The first-order valence-electron chi connectivity index (χ1n) is 5.52. The topological polar surface area (TPSA) is 0 Å². The number of halogens is 2. The fourth-order valence-electron chi connectivity index (χ4n) is 1.69. The first-order chi connectivity index (χ1) is 8.00. The van der Waals surface area contributed by atoms with Gasteiger partial charge in [0.15, 0.2) is 0 Å². The second-order valence-corrected chi connectivity index (χ2v) is 40.8. The van der Waals surface area contributed by atoms with Gasteiger partial charge in [-0.1, -0.05) is 0 Å². The predicted octanol–water partition coefficient (Wildman–Crippen LogP) is 4.03. The summed E-state index contributed by atoms with van der Waals surface area (Å²) in [4.78, 5) is 0. The van der Waals surface area contributed by atoms with E-state index < -0.39 is 15.3 Å². The first-order valence-corrected chi connectivity index (χ1v) is 24.8. The van der Waals surface area contributed by atoms with Crippen molar-refractivity contribution < 1.29 is 15.3 Å². The van der Waals surface area contributed by atoms with E-state index in [4.69, 9.17) is 0 Å². The third-order valence-corrected chi connectivity index (χ3v) is 25.4. The molecule has 17 heavy (non-hydrogen) atoms. The van der Waals surface area contributed by atoms with E-state index >= 15 is 0 Å². The van der Waals surface area contributed by atoms with Gasteiger partial charge in [0.05, 0.1) is 0 Å². The van der Waals surface area contributed by atoms with Crippen LogP contribution in [0.2, 0.25) is 0 Å². The quantitative estimate of drug-likeness (QED) is 0.525. The van der Waals surface area contributed by atoms with Gasteiger partial charge in [-0.15, -0.1) is 0 Å². The molecule has 88 valence electrons. The van der Waals surface area contributed by atoms with E-state index in [0.29, 0.717) is 0 Å². The molecule has 2 aromatic carbocycles. The minimum absolute atomic E-state index is 1.31. The molecule has 0 bridgehead atoms. The Balaban J connectivity index is 2.41. The molecule has 0 aliphatic heterocycles. The standard InChI is InChI=1S/2C7H7.2BrH.Hf/c2*1-7-5-3-2-4-6-7;;;/h2*3-6H,1H3;2*1H;/q;;;;+2/p-2. The fourth-order valence-corrected chi connectivity index (χ4v) is 15.8. The average Bonchev–Trinajstić information content (AvgIpc) is 2.30. The minimum atomic E-state index is -2.82. The van der Waals surface area contributed by atoms with Crippen LogP contribution in [0.5, 0.6) is 0 Å². The Hall–Kier alpha value is 0.270. The molecule has 0 saturated carbocycles. The Labute approximate surface area is 119 Å². The van der Waals surface area contributed by atoms with Gasteiger partial charge in [0, 0.05) is 0 Å². The molecule has 0 amide bonds. The molecule has 2 aromatic rings. The molecule has 0 aliphatic carbocycles. The van der Waals surface area contributed by atoms with Crippen LogP contribution in [-0.4, -0.2) is 0 Å². The van der Waals surface area contributed by atoms with E-state index in [1.807, 2.05) is 0 Å². The second kappa shape index (κ2) is 5.50. The zero-order chi connectivity index (χ0) is 12.5. The Morgan fingerprint density at radius 1 is 0.647 bits per heavy atom. The molecule has 0 unspecified atom stereocenters. The van der Waals surface area contributed by atoms with Gasteiger partial charge in [-0.3, -0.25) is 0 Å². The molecule has 3 heteroatoms. The van der Waals surface area contributed by atoms with E-state index in [9.17, 15) is 0 Å². The van der Waals surface area contributed by atoms with Crippen LogP contribution in [0.15, 0.2) is 48.5 Å². The summed E-state index contributed by atoms with van der Waals surface area (Å²) in [5.41, 5.74) is 2.61. The molecule has 0 nitrogen and oxygen atoms in total. The predicted molar refractivity (Wildman–Crippen MR) is 79.5 cm³/mol. The molecule has 0 radical (unpaired) electrons. The number of hydrogen-bond donors (Lipinski definition) is 0. The Bertz CT molecular complexity index is 453. The number of benzene rings is 2. The third kappa shape index (κ3) is 3.18. The van der Waals surface area contributed by atoms with E-state index in [-0.39, 0.29) is 0 Å². The molecule has 2 rings (SSSR count). The fraction of sp³-hybridized carbons (Fsp3) is 0.143. The van der Waals surface area contributed by atoms with Crippen molar-refractivity contribution in [3.63, 3.8) is 0 Å². The molecule has 0 spiro atoms. The van der Waals surface area contributed by atoms with Crippen molar-refractivity contribution in [2.24, 2.45) is 0 Å². The molecule has 0 aromatic heterocycles. The normalized spacial score (nSPS) is 11.5. The van der Waals surface area contributed by atoms with Crippen molar-refractivity contribution in [3.05, 3.63) is 59.7 Å². The van der Waals surface area contributed by atoms with Crippen LogP contribution in [0.3, 0.4) is 0 Å². The SMILES string of the molecule is Cc1cc[c]([Hf]([Br])([Br])[c]2ccc(C)cc2)cc1. The number of aryl methyl sites for hydroxylation is 2. The van der Waals surface area contributed by atoms with Crippen molar-refractivity contribution >= 4 is 31.2 Å². The summed E-state index contributed by atoms with van der Waals surface area (Å²) in [5.74, 6) is 0. The van der Waals surface area contributed by atoms with E-state index in [2.05, 4.69) is 87.0 Å². The Kier molecular flexibility index (Phi) is 4.43. The zero-order valence-corrected chi connectivity index (χ0v) is 16.6. The second-order valence-electron chi connectivity index (χ2n) is 4.31. The summed E-state index contributed by atoms with van der Waals surface area (Å²) < 4.78 is 2.85. The third-order valence-electron chi connectivity index (χ3n) is 2.83. The summed E-state index contributed by atoms with van der Waals surface area (Å²) in [7, 11) is 0. The van der Waals surface area contributed by atoms with Crippen LogP contribution < -0.4 is 6.64 Å². The van der Waals surface area contributed by atoms with Gasteiger partial charge >= 0.3 is 120 Å². The molecule has 0 heterocycles. The molecular weight excluding hydrogens is 506 g/mol. The van der Waals surface area contributed by atoms with Crippen LogP contribution in [0.25, 0.3) is 0 Å². The van der Waals surface area contributed by atoms with Gasteiger partial charge in [0.25, 0.3) is 0 Å². The molecular formula is C14H14Br2Hf. The summed E-state index contributed by atoms with van der Waals surface area (Å²) in [6.07, 6.45) is 0. The summed E-state index contributed by atoms with van der Waals surface area (Å²) in [6.45, 7) is 4.24. The van der Waals surface area contributed by atoms with Crippen molar-refractivity contribution in [2.45, 2.75) is 13.8 Å². The van der Waals surface area contributed by atoms with Gasteiger partial charge < -0.3 is 0 Å². The maximum absolute atomic E-state index is 3.99. The van der Waals surface area contributed by atoms with E-state index in [1.165, 1.54) is 17.8 Å². The molecule has 0 atom stereocenters. The van der Waals surface area contributed by atoms with Crippen molar-refractivity contribution in [1.29, 1.82) is 0 Å². The zero-order valence-electron chi connectivity index (χ0n) is 9.87. The van der Waals surface area contributed by atoms with E-state index in [0.717, 1.165) is 0 Å². The Morgan fingerprint density at radius 2 is 0.941 bits per heavy atom. The Morgan fingerprint density at radius 3 is 1.24 bits per heavy atom. The molecule has 0 aliphatic rings. The van der Waals surface area contributed by atoms with Gasteiger partial charge in [-0.2, -0.15) is 0 Å². The van der Waals surface area contributed by atoms with Crippen LogP contribution in [-0.2, 0) is 15.3 Å². The molecule has 0 saturated heterocycles. The van der Waals surface area contributed by atoms with Crippen LogP contribution >= 0.6 is 24.6 Å². The van der Waals surface area contributed by atoms with Crippen molar-refractivity contribution in [2.75, 3.05) is 0 Å². The van der Waals surface area contributed by atoms with Crippen molar-refractivity contribution in [3.8, 4) is 0 Å². The van der Waals surface area contributed by atoms with Crippen molar-refractivity contribution in [1.82, 2.24) is 0 Å². The monoisotopic (exact) mass is 520 g/mol. The van der Waals surface area contributed by atoms with Gasteiger partial charge in [-0.25, -0.2) is 0 Å². The van der Waals surface area contributed by atoms with Crippen LogP contribution in [0.1, 0.15) is 11.1 Å². The number of hydrogen-bond acceptors (Lipinski definition) is 0. The molecule has 0 N–H and O–H groups in total.